The second kappa shape index (κ2) is 7.12. The number of pyridine rings is 1. The molecule has 1 unspecified atom stereocenters. The molecule has 0 spiro atoms. The van der Waals surface area contributed by atoms with Gasteiger partial charge in [-0.05, 0) is 24.8 Å². The number of nitrogens with zero attached hydrogens (tertiary/aromatic N) is 1. The van der Waals surface area contributed by atoms with Gasteiger partial charge in [-0.25, -0.2) is 4.98 Å². The maximum absolute atomic E-state index is 12.7. The lowest BCUT2D eigenvalue weighted by Gasteiger charge is -2.18. The molecule has 0 aliphatic rings. The van der Waals surface area contributed by atoms with Crippen molar-refractivity contribution in [3.05, 3.63) is 23.4 Å². The molecule has 0 amide bonds. The molecule has 0 saturated carbocycles. The van der Waals surface area contributed by atoms with Gasteiger partial charge in [0.25, 0.3) is 0 Å². The van der Waals surface area contributed by atoms with Crippen LogP contribution in [0.3, 0.4) is 0 Å². The van der Waals surface area contributed by atoms with Gasteiger partial charge in [0.1, 0.15) is 16.5 Å². The van der Waals surface area contributed by atoms with Crippen molar-refractivity contribution in [3.8, 4) is 0 Å². The predicted octanol–water partition coefficient (Wildman–Crippen LogP) is 3.29. The SMILES string of the molecule is CCSCC(C)Nc1nc(C(F)(F)F)ccc1C(N)=S. The normalized spacial score (nSPS) is 13.1. The number of thioether (sulfide) groups is 1. The third-order valence-electron chi connectivity index (χ3n) is 2.41. The summed E-state index contributed by atoms with van der Waals surface area (Å²) in [5, 5.41) is 2.94. The number of thiocarbonyl (C=S) groups is 1. The van der Waals surface area contributed by atoms with Crippen molar-refractivity contribution in [3.63, 3.8) is 0 Å². The van der Waals surface area contributed by atoms with Crippen molar-refractivity contribution in [2.45, 2.75) is 26.1 Å². The van der Waals surface area contributed by atoms with Crippen molar-refractivity contribution < 1.29 is 13.2 Å². The molecule has 0 bridgehead atoms. The molecule has 0 aliphatic carbocycles. The first kappa shape index (κ1) is 17.0. The predicted molar refractivity (Wildman–Crippen MR) is 81.2 cm³/mol. The summed E-state index contributed by atoms with van der Waals surface area (Å²) >= 11 is 6.52. The standard InChI is InChI=1S/C12H16F3N3S2/c1-3-20-6-7(2)17-11-8(10(16)19)4-5-9(18-11)12(13,14)15/h4-5,7H,3,6H2,1-2H3,(H2,16,19)(H,17,18). The first-order chi connectivity index (χ1) is 9.25. The number of nitrogens with one attached hydrogen (secondary N) is 1. The van der Waals surface area contributed by atoms with E-state index in [4.69, 9.17) is 18.0 Å². The maximum atomic E-state index is 12.7. The lowest BCUT2D eigenvalue weighted by Crippen LogP contribution is -2.24. The summed E-state index contributed by atoms with van der Waals surface area (Å²) in [6.45, 7) is 3.88. The summed E-state index contributed by atoms with van der Waals surface area (Å²) in [6, 6.07) is 2.09. The van der Waals surface area contributed by atoms with Gasteiger partial charge in [-0.2, -0.15) is 24.9 Å². The van der Waals surface area contributed by atoms with Crippen LogP contribution in [0.2, 0.25) is 0 Å². The smallest absolute Gasteiger partial charge is 0.389 e. The molecule has 0 fully saturated rings. The number of nitrogens with two attached hydrogens (primary N) is 1. The average molecular weight is 323 g/mol. The Kier molecular flexibility index (Phi) is 6.07. The van der Waals surface area contributed by atoms with Crippen molar-refractivity contribution in [2.75, 3.05) is 16.8 Å². The van der Waals surface area contributed by atoms with E-state index in [1.54, 1.807) is 11.8 Å². The molecular formula is C12H16F3N3S2. The number of hydrogen-bond acceptors (Lipinski definition) is 4. The summed E-state index contributed by atoms with van der Waals surface area (Å²) in [5.74, 6) is 1.77. The number of hydrogen-bond donors (Lipinski definition) is 2. The van der Waals surface area contributed by atoms with Crippen LogP contribution in [0.15, 0.2) is 12.1 Å². The van der Waals surface area contributed by atoms with Gasteiger partial charge < -0.3 is 11.1 Å². The molecule has 0 aliphatic heterocycles. The highest BCUT2D eigenvalue weighted by atomic mass is 32.2. The van der Waals surface area contributed by atoms with E-state index in [-0.39, 0.29) is 16.8 Å². The molecule has 3 nitrogen and oxygen atoms in total. The number of rotatable bonds is 6. The van der Waals surface area contributed by atoms with E-state index in [9.17, 15) is 13.2 Å². The van der Waals surface area contributed by atoms with E-state index in [0.29, 0.717) is 5.56 Å². The summed E-state index contributed by atoms with van der Waals surface area (Å²) in [5.41, 5.74) is 4.87. The van der Waals surface area contributed by atoms with Crippen molar-refractivity contribution in [2.24, 2.45) is 5.73 Å². The zero-order valence-corrected chi connectivity index (χ0v) is 12.8. The molecule has 1 atom stereocenters. The second-order valence-corrected chi connectivity index (χ2v) is 5.92. The number of alkyl halides is 3. The molecule has 0 saturated heterocycles. The van der Waals surface area contributed by atoms with Crippen LogP contribution in [0.1, 0.15) is 25.1 Å². The zero-order valence-electron chi connectivity index (χ0n) is 11.1. The molecule has 0 aromatic carbocycles. The van der Waals surface area contributed by atoms with Gasteiger partial charge in [-0.3, -0.25) is 0 Å². The van der Waals surface area contributed by atoms with Crippen molar-refractivity contribution >= 4 is 34.8 Å². The van der Waals surface area contributed by atoms with Gasteiger partial charge in [0.15, 0.2) is 0 Å². The van der Waals surface area contributed by atoms with E-state index in [0.717, 1.165) is 17.6 Å². The molecule has 1 rings (SSSR count). The lowest BCUT2D eigenvalue weighted by molar-refractivity contribution is -0.141. The van der Waals surface area contributed by atoms with Crippen molar-refractivity contribution in [1.29, 1.82) is 0 Å². The molecule has 1 aromatic heterocycles. The Bertz CT molecular complexity index is 478. The molecule has 3 N–H and O–H groups in total. The average Bonchev–Trinajstić information content (AvgIpc) is 2.34. The Morgan fingerprint density at radius 2 is 2.15 bits per heavy atom. The van der Waals surface area contributed by atoms with Gasteiger partial charge in [-0.15, -0.1) is 0 Å². The minimum Gasteiger partial charge on any atom is -0.389 e. The molecule has 1 aromatic rings. The molecule has 8 heteroatoms. The van der Waals surface area contributed by atoms with Crippen LogP contribution in [-0.2, 0) is 6.18 Å². The van der Waals surface area contributed by atoms with Gasteiger partial charge in [0.2, 0.25) is 0 Å². The minimum atomic E-state index is -4.49. The summed E-state index contributed by atoms with van der Waals surface area (Å²) in [6.07, 6.45) is -4.49. The Morgan fingerprint density at radius 1 is 1.50 bits per heavy atom. The van der Waals surface area contributed by atoms with E-state index < -0.39 is 11.9 Å². The van der Waals surface area contributed by atoms with Crippen LogP contribution in [0.4, 0.5) is 19.0 Å². The molecule has 1 heterocycles. The fourth-order valence-electron chi connectivity index (χ4n) is 1.50. The van der Waals surface area contributed by atoms with Gasteiger partial charge in [0, 0.05) is 11.8 Å². The summed E-state index contributed by atoms with van der Waals surface area (Å²) in [4.78, 5) is 3.62. The molecule has 112 valence electrons. The maximum Gasteiger partial charge on any atom is 0.433 e. The van der Waals surface area contributed by atoms with Gasteiger partial charge in [0.05, 0.1) is 5.56 Å². The lowest BCUT2D eigenvalue weighted by atomic mass is 10.2. The van der Waals surface area contributed by atoms with E-state index in [1.165, 1.54) is 6.07 Å². The Labute approximate surface area is 125 Å². The third kappa shape index (κ3) is 4.82. The Morgan fingerprint density at radius 3 is 2.65 bits per heavy atom. The van der Waals surface area contributed by atoms with Crippen LogP contribution in [0.5, 0.6) is 0 Å². The molecular weight excluding hydrogens is 307 g/mol. The van der Waals surface area contributed by atoms with E-state index >= 15 is 0 Å². The fourth-order valence-corrected chi connectivity index (χ4v) is 2.33. The minimum absolute atomic E-state index is 0.0177. The first-order valence-electron chi connectivity index (χ1n) is 5.98. The van der Waals surface area contributed by atoms with Gasteiger partial charge in [-0.1, -0.05) is 19.1 Å². The van der Waals surface area contributed by atoms with Crippen LogP contribution in [-0.4, -0.2) is 27.5 Å². The van der Waals surface area contributed by atoms with Crippen LogP contribution >= 0.6 is 24.0 Å². The summed E-state index contributed by atoms with van der Waals surface area (Å²) in [7, 11) is 0. The number of halogens is 3. The Hall–Kier alpha value is -1.02. The first-order valence-corrected chi connectivity index (χ1v) is 7.54. The zero-order chi connectivity index (χ0) is 15.3. The Balaban J connectivity index is 3.03. The summed E-state index contributed by atoms with van der Waals surface area (Å²) < 4.78 is 38.0. The third-order valence-corrected chi connectivity index (χ3v) is 3.77. The second-order valence-electron chi connectivity index (χ2n) is 4.16. The largest absolute Gasteiger partial charge is 0.433 e. The highest BCUT2D eigenvalue weighted by Crippen LogP contribution is 2.29. The molecule has 0 radical (unpaired) electrons. The van der Waals surface area contributed by atoms with E-state index in [2.05, 4.69) is 10.3 Å². The van der Waals surface area contributed by atoms with Gasteiger partial charge >= 0.3 is 6.18 Å². The van der Waals surface area contributed by atoms with E-state index in [1.807, 2.05) is 13.8 Å². The topological polar surface area (TPSA) is 50.9 Å². The monoisotopic (exact) mass is 323 g/mol. The molecule has 20 heavy (non-hydrogen) atoms. The van der Waals surface area contributed by atoms with Crippen LogP contribution in [0.25, 0.3) is 0 Å². The number of aromatic nitrogens is 1. The highest BCUT2D eigenvalue weighted by Gasteiger charge is 2.33. The highest BCUT2D eigenvalue weighted by molar-refractivity contribution is 7.99. The van der Waals surface area contributed by atoms with Crippen molar-refractivity contribution in [1.82, 2.24) is 4.98 Å². The van der Waals surface area contributed by atoms with Crippen LogP contribution in [0, 0.1) is 0 Å². The fraction of sp³-hybridized carbons (Fsp3) is 0.500. The number of anilines is 1. The quantitative estimate of drug-likeness (QED) is 0.787. The van der Waals surface area contributed by atoms with Crippen LogP contribution < -0.4 is 11.1 Å².